The standard InChI is InChI=1S/2C24H27NOS.2C22H25NO2S/c2*1-2-24(18-9-5-3-6-10-18)21-17(13-19-22(24)27-16-25-19)14-23(15-20(21)26)11-7-4-8-12-23;2*1-5-22(15-7-6-8-16(10-15)25-4)19-14(9-17-20(22)26-13-23-17)11-21(2,3)12-18(19)24/h2*3,5-6,9-10,16H,2,4,7-8,11-15H2,1H3;2*6-8,10,13H,5,9,11-12H2,1-4H3/t2*24-;2*22-/m1010/s1. The first-order chi connectivity index (χ1) is 51.2. The lowest BCUT2D eigenvalue weighted by Crippen LogP contribution is -2.43. The summed E-state index contributed by atoms with van der Waals surface area (Å²) in [5.74, 6) is 3.11. The van der Waals surface area contributed by atoms with Crippen LogP contribution in [0, 0.1) is 21.7 Å². The molecule has 2 saturated carbocycles. The van der Waals surface area contributed by atoms with Crippen LogP contribution in [0.1, 0.15) is 261 Å². The van der Waals surface area contributed by atoms with Crippen LogP contribution in [0.5, 0.6) is 11.5 Å². The number of hydrogen-bond donors (Lipinski definition) is 0. The number of benzene rings is 4. The number of carbonyl (C=O) groups is 4. The summed E-state index contributed by atoms with van der Waals surface area (Å²) in [6.07, 6.45) is 26.6. The summed E-state index contributed by atoms with van der Waals surface area (Å²) in [5.41, 5.74) is 26.2. The number of carbonyl (C=O) groups excluding carboxylic acids is 4. The Hall–Kier alpha value is -7.36. The van der Waals surface area contributed by atoms with Crippen LogP contribution >= 0.6 is 45.3 Å². The first kappa shape index (κ1) is 74.1. The van der Waals surface area contributed by atoms with Crippen LogP contribution in [0.3, 0.4) is 0 Å². The van der Waals surface area contributed by atoms with Crippen LogP contribution in [0.15, 0.2) is 176 Å². The number of methoxy groups -OCH3 is 2. The van der Waals surface area contributed by atoms with E-state index in [2.05, 4.69) is 150 Å². The van der Waals surface area contributed by atoms with E-state index in [1.54, 1.807) is 59.6 Å². The second kappa shape index (κ2) is 29.2. The van der Waals surface area contributed by atoms with E-state index in [9.17, 15) is 19.2 Å². The minimum atomic E-state index is -0.397. The van der Waals surface area contributed by atoms with Gasteiger partial charge in [0.15, 0.2) is 23.1 Å². The van der Waals surface area contributed by atoms with Gasteiger partial charge in [0.25, 0.3) is 0 Å². The predicted octanol–water partition coefficient (Wildman–Crippen LogP) is 22.2. The van der Waals surface area contributed by atoms with Crippen LogP contribution in [-0.2, 0) is 66.5 Å². The van der Waals surface area contributed by atoms with Gasteiger partial charge in [0.05, 0.1) is 80.7 Å². The maximum absolute atomic E-state index is 13.7. The molecule has 0 aliphatic heterocycles. The first-order valence-electron chi connectivity index (χ1n) is 39.3. The monoisotopic (exact) mass is 1490 g/mol. The highest BCUT2D eigenvalue weighted by Gasteiger charge is 2.56. The summed E-state index contributed by atoms with van der Waals surface area (Å²) in [6.45, 7) is 17.6. The molecular formula is C92H104N4O6S4. The highest BCUT2D eigenvalue weighted by Crippen LogP contribution is 2.62. The van der Waals surface area contributed by atoms with Gasteiger partial charge in [-0.3, -0.25) is 19.2 Å². The smallest absolute Gasteiger partial charge is 0.160 e. The quantitative estimate of drug-likeness (QED) is 0.130. The zero-order valence-corrected chi connectivity index (χ0v) is 67.2. The van der Waals surface area contributed by atoms with Gasteiger partial charge >= 0.3 is 0 Å². The maximum atomic E-state index is 13.7. The lowest BCUT2D eigenvalue weighted by molar-refractivity contribution is -0.120. The first-order valence-corrected chi connectivity index (χ1v) is 42.9. The molecule has 10 aliphatic carbocycles. The number of aromatic nitrogens is 4. The number of rotatable bonds is 10. The van der Waals surface area contributed by atoms with E-state index in [0.29, 0.717) is 36.0 Å². The molecule has 4 heterocycles. The molecule has 552 valence electrons. The summed E-state index contributed by atoms with van der Waals surface area (Å²) < 4.78 is 11.0. The third kappa shape index (κ3) is 12.6. The van der Waals surface area contributed by atoms with Crippen molar-refractivity contribution >= 4 is 68.5 Å². The van der Waals surface area contributed by atoms with E-state index < -0.39 is 10.8 Å². The van der Waals surface area contributed by atoms with Crippen LogP contribution in [0.4, 0.5) is 0 Å². The SMILES string of the molecule is CC[C@@]1(c2cccc(OC)c2)C2=C(Cc3ncsc31)CC(C)(C)CC2=O.CC[C@@]1(c2ccccc2)C2=C(Cc3ncsc31)CC1(CCCCC1)CC2=O.CC[C@]1(c2cccc(OC)c2)C2=C(Cc3ncsc31)CC(C)(C)CC2=O.CC[C@]1(c2ccccc2)C2=C(Cc3ncsc31)CC1(CCCCC1)CC2=O. The molecule has 14 heteroatoms. The van der Waals surface area contributed by atoms with Crippen molar-refractivity contribution in [2.24, 2.45) is 21.7 Å². The molecule has 4 aromatic carbocycles. The molecule has 0 N–H and O–H groups in total. The van der Waals surface area contributed by atoms with E-state index >= 15 is 0 Å². The summed E-state index contributed by atoms with van der Waals surface area (Å²) in [4.78, 5) is 78.1. The average molecular weight is 1490 g/mol. The van der Waals surface area contributed by atoms with Gasteiger partial charge in [-0.1, -0.05) is 201 Å². The Morgan fingerprint density at radius 1 is 0.340 bits per heavy atom. The van der Waals surface area contributed by atoms with Gasteiger partial charge in [-0.15, -0.1) is 45.3 Å². The van der Waals surface area contributed by atoms with Gasteiger partial charge in [-0.25, -0.2) is 19.9 Å². The fourth-order valence-electron chi connectivity index (χ4n) is 22.2. The molecule has 4 atom stereocenters. The summed E-state index contributed by atoms with van der Waals surface area (Å²) in [5, 5.41) is 0. The number of allylic oxidation sites excluding steroid dienone is 8. The van der Waals surface area contributed by atoms with Crippen molar-refractivity contribution in [3.8, 4) is 11.5 Å². The molecule has 8 aromatic rings. The van der Waals surface area contributed by atoms with Crippen molar-refractivity contribution < 1.29 is 28.7 Å². The molecule has 18 rings (SSSR count). The number of nitrogens with zero attached hydrogens (tertiary/aromatic N) is 4. The molecule has 2 spiro atoms. The second-order valence-electron chi connectivity index (χ2n) is 33.9. The molecule has 2 fully saturated rings. The number of ketones is 4. The van der Waals surface area contributed by atoms with Crippen molar-refractivity contribution in [2.75, 3.05) is 14.2 Å². The van der Waals surface area contributed by atoms with E-state index in [1.807, 2.05) is 46.3 Å². The highest BCUT2D eigenvalue weighted by molar-refractivity contribution is 7.11. The Balaban J connectivity index is 0.000000113. The molecule has 4 aromatic heterocycles. The van der Waals surface area contributed by atoms with Gasteiger partial charge < -0.3 is 9.47 Å². The normalized spacial score (nSPS) is 25.5. The summed E-state index contributed by atoms with van der Waals surface area (Å²) in [6, 6.07) is 37.8. The van der Waals surface area contributed by atoms with E-state index in [-0.39, 0.29) is 32.5 Å². The molecular weight excluding hydrogens is 1390 g/mol. The van der Waals surface area contributed by atoms with Gasteiger partial charge in [-0.05, 0) is 145 Å². The maximum Gasteiger partial charge on any atom is 0.160 e. The molecule has 10 nitrogen and oxygen atoms in total. The van der Waals surface area contributed by atoms with Crippen LogP contribution in [0.2, 0.25) is 0 Å². The van der Waals surface area contributed by atoms with Crippen LogP contribution in [-0.4, -0.2) is 57.3 Å². The average Bonchev–Trinajstić information content (AvgIpc) is 1.27. The fraction of sp³-hybridized carbons (Fsp3) is 0.478. The van der Waals surface area contributed by atoms with Crippen molar-refractivity contribution in [1.29, 1.82) is 0 Å². The molecule has 0 bridgehead atoms. The predicted molar refractivity (Wildman–Crippen MR) is 430 cm³/mol. The Labute approximate surface area is 644 Å². The number of fused-ring (bicyclic) bond motifs is 4. The van der Waals surface area contributed by atoms with Gasteiger partial charge in [0.2, 0.25) is 0 Å². The molecule has 10 aliphatic rings. The minimum Gasteiger partial charge on any atom is -0.497 e. The third-order valence-electron chi connectivity index (χ3n) is 26.4. The van der Waals surface area contributed by atoms with Crippen molar-refractivity contribution in [1.82, 2.24) is 19.9 Å². The van der Waals surface area contributed by atoms with E-state index in [4.69, 9.17) is 19.4 Å². The van der Waals surface area contributed by atoms with Crippen LogP contribution < -0.4 is 9.47 Å². The highest BCUT2D eigenvalue weighted by atomic mass is 32.1. The zero-order chi connectivity index (χ0) is 74.0. The van der Waals surface area contributed by atoms with Crippen molar-refractivity contribution in [3.05, 3.63) is 240 Å². The van der Waals surface area contributed by atoms with Gasteiger partial charge in [0.1, 0.15) is 11.5 Å². The summed E-state index contributed by atoms with van der Waals surface area (Å²) in [7, 11) is 3.38. The molecule has 0 unspecified atom stereocenters. The van der Waals surface area contributed by atoms with E-state index in [1.165, 1.54) is 129 Å². The number of Topliss-reactive ketones (excluding diaryl/α,β-unsaturated/α-hetero) is 4. The Kier molecular flexibility index (Phi) is 20.4. The van der Waals surface area contributed by atoms with Crippen molar-refractivity contribution in [3.63, 3.8) is 0 Å². The lowest BCUT2D eigenvalue weighted by atomic mass is 9.56. The van der Waals surface area contributed by atoms with Crippen LogP contribution in [0.25, 0.3) is 0 Å². The number of hydrogen-bond acceptors (Lipinski definition) is 14. The summed E-state index contributed by atoms with van der Waals surface area (Å²) >= 11 is 6.85. The Bertz CT molecular complexity index is 4530. The van der Waals surface area contributed by atoms with Crippen molar-refractivity contribution in [2.45, 2.75) is 244 Å². The largest absolute Gasteiger partial charge is 0.497 e. The zero-order valence-electron chi connectivity index (χ0n) is 64.0. The number of thiazole rings is 4. The molecule has 0 amide bonds. The van der Waals surface area contributed by atoms with Gasteiger partial charge in [-0.2, -0.15) is 0 Å². The topological polar surface area (TPSA) is 138 Å². The molecule has 0 radical (unpaired) electrons. The molecule has 0 saturated heterocycles. The minimum absolute atomic E-state index is 0.0251. The number of ether oxygens (including phenoxy) is 2. The fourth-order valence-corrected chi connectivity index (χ4v) is 26.6. The lowest BCUT2D eigenvalue weighted by Gasteiger charge is -2.48. The second-order valence-corrected chi connectivity index (χ2v) is 37.3. The molecule has 106 heavy (non-hydrogen) atoms. The van der Waals surface area contributed by atoms with Gasteiger partial charge in [0, 0.05) is 93.2 Å². The van der Waals surface area contributed by atoms with E-state index in [0.717, 1.165) is 146 Å². The Morgan fingerprint density at radius 2 is 0.623 bits per heavy atom. The third-order valence-corrected chi connectivity index (χ3v) is 30.5. The Morgan fingerprint density at radius 3 is 0.925 bits per heavy atom.